The van der Waals surface area contributed by atoms with Gasteiger partial charge in [0.25, 0.3) is 0 Å². The SMILES string of the molecule is CCNC(=NCC1CCN(S(C)(=O)=O)CC1)NCCc1ccccc1F. The van der Waals surface area contributed by atoms with Crippen molar-refractivity contribution in [2.45, 2.75) is 26.2 Å². The van der Waals surface area contributed by atoms with Crippen molar-refractivity contribution in [1.29, 1.82) is 0 Å². The third-order valence-electron chi connectivity index (χ3n) is 4.54. The van der Waals surface area contributed by atoms with Crippen LogP contribution in [0.15, 0.2) is 29.3 Å². The Hall–Kier alpha value is -1.67. The summed E-state index contributed by atoms with van der Waals surface area (Å²) < 4.78 is 38.3. The predicted molar refractivity (Wildman–Crippen MR) is 103 cm³/mol. The molecular formula is C18H29FN4O2S. The minimum absolute atomic E-state index is 0.186. The molecule has 1 aromatic carbocycles. The molecule has 1 aliphatic rings. The highest BCUT2D eigenvalue weighted by molar-refractivity contribution is 7.88. The van der Waals surface area contributed by atoms with Crippen LogP contribution in [0.3, 0.4) is 0 Å². The van der Waals surface area contributed by atoms with Crippen LogP contribution in [0, 0.1) is 11.7 Å². The van der Waals surface area contributed by atoms with E-state index in [-0.39, 0.29) is 5.82 Å². The van der Waals surface area contributed by atoms with Crippen molar-refractivity contribution in [3.63, 3.8) is 0 Å². The smallest absolute Gasteiger partial charge is 0.211 e. The summed E-state index contributed by atoms with van der Waals surface area (Å²) in [5.41, 5.74) is 0.684. The lowest BCUT2D eigenvalue weighted by Gasteiger charge is -2.29. The molecule has 26 heavy (non-hydrogen) atoms. The fourth-order valence-electron chi connectivity index (χ4n) is 3.00. The Balaban J connectivity index is 1.80. The van der Waals surface area contributed by atoms with E-state index in [4.69, 9.17) is 0 Å². The van der Waals surface area contributed by atoms with Crippen molar-refractivity contribution in [2.75, 3.05) is 39.0 Å². The number of aliphatic imine (C=N–C) groups is 1. The Morgan fingerprint density at radius 2 is 1.96 bits per heavy atom. The highest BCUT2D eigenvalue weighted by Crippen LogP contribution is 2.19. The van der Waals surface area contributed by atoms with Gasteiger partial charge < -0.3 is 10.6 Å². The summed E-state index contributed by atoms with van der Waals surface area (Å²) in [4.78, 5) is 4.61. The molecule has 0 atom stereocenters. The maximum absolute atomic E-state index is 13.6. The van der Waals surface area contributed by atoms with E-state index in [9.17, 15) is 12.8 Å². The van der Waals surface area contributed by atoms with Crippen LogP contribution in [-0.2, 0) is 16.4 Å². The summed E-state index contributed by atoms with van der Waals surface area (Å²) in [6.45, 7) is 5.13. The summed E-state index contributed by atoms with van der Waals surface area (Å²) in [6, 6.07) is 6.78. The van der Waals surface area contributed by atoms with Crippen molar-refractivity contribution in [1.82, 2.24) is 14.9 Å². The molecule has 1 aliphatic heterocycles. The first-order valence-electron chi connectivity index (χ1n) is 9.11. The second-order valence-corrected chi connectivity index (χ2v) is 8.58. The van der Waals surface area contributed by atoms with E-state index < -0.39 is 10.0 Å². The Kier molecular flexibility index (Phi) is 7.84. The number of nitrogens with zero attached hydrogens (tertiary/aromatic N) is 2. The molecule has 2 rings (SSSR count). The Labute approximate surface area is 155 Å². The molecule has 146 valence electrons. The number of guanidine groups is 1. The quantitative estimate of drug-likeness (QED) is 0.553. The minimum Gasteiger partial charge on any atom is -0.357 e. The van der Waals surface area contributed by atoms with Gasteiger partial charge in [0.1, 0.15) is 5.82 Å². The van der Waals surface area contributed by atoms with Crippen molar-refractivity contribution in [3.8, 4) is 0 Å². The zero-order chi connectivity index (χ0) is 19.0. The van der Waals surface area contributed by atoms with Gasteiger partial charge in [0.05, 0.1) is 6.26 Å². The highest BCUT2D eigenvalue weighted by atomic mass is 32.2. The van der Waals surface area contributed by atoms with Gasteiger partial charge >= 0.3 is 0 Å². The first-order valence-corrected chi connectivity index (χ1v) is 11.0. The molecule has 0 saturated carbocycles. The Morgan fingerprint density at radius 3 is 2.58 bits per heavy atom. The van der Waals surface area contributed by atoms with Gasteiger partial charge in [-0.05, 0) is 43.7 Å². The van der Waals surface area contributed by atoms with Crippen LogP contribution in [-0.4, -0.2) is 57.7 Å². The fourth-order valence-corrected chi connectivity index (χ4v) is 3.88. The van der Waals surface area contributed by atoms with Crippen LogP contribution < -0.4 is 10.6 Å². The van der Waals surface area contributed by atoms with Crippen LogP contribution in [0.2, 0.25) is 0 Å². The molecule has 1 aromatic rings. The molecule has 0 aliphatic carbocycles. The lowest BCUT2D eigenvalue weighted by molar-refractivity contribution is 0.280. The second-order valence-electron chi connectivity index (χ2n) is 6.59. The molecule has 1 heterocycles. The molecule has 0 amide bonds. The topological polar surface area (TPSA) is 73.8 Å². The largest absolute Gasteiger partial charge is 0.357 e. The molecule has 2 N–H and O–H groups in total. The van der Waals surface area contributed by atoms with Crippen LogP contribution in [0.1, 0.15) is 25.3 Å². The Bertz CT molecular complexity index is 701. The molecule has 0 bridgehead atoms. The van der Waals surface area contributed by atoms with E-state index in [0.29, 0.717) is 44.1 Å². The predicted octanol–water partition coefficient (Wildman–Crippen LogP) is 1.59. The second kappa shape index (κ2) is 9.87. The van der Waals surface area contributed by atoms with Crippen molar-refractivity contribution in [3.05, 3.63) is 35.6 Å². The first-order chi connectivity index (χ1) is 12.4. The fraction of sp³-hybridized carbons (Fsp3) is 0.611. The molecule has 0 unspecified atom stereocenters. The number of rotatable bonds is 7. The summed E-state index contributed by atoms with van der Waals surface area (Å²) in [5.74, 6) is 0.915. The van der Waals surface area contributed by atoms with Crippen molar-refractivity contribution >= 4 is 16.0 Å². The highest BCUT2D eigenvalue weighted by Gasteiger charge is 2.24. The van der Waals surface area contributed by atoms with Gasteiger partial charge in [0.15, 0.2) is 5.96 Å². The third kappa shape index (κ3) is 6.57. The molecule has 0 spiro atoms. The monoisotopic (exact) mass is 384 g/mol. The van der Waals surface area contributed by atoms with Gasteiger partial charge in [-0.25, -0.2) is 17.1 Å². The van der Waals surface area contributed by atoms with Crippen LogP contribution in [0.4, 0.5) is 4.39 Å². The van der Waals surface area contributed by atoms with E-state index in [2.05, 4.69) is 15.6 Å². The summed E-state index contributed by atoms with van der Waals surface area (Å²) >= 11 is 0. The summed E-state index contributed by atoms with van der Waals surface area (Å²) in [6.07, 6.45) is 3.49. The van der Waals surface area contributed by atoms with E-state index >= 15 is 0 Å². The molecule has 8 heteroatoms. The molecule has 0 aromatic heterocycles. The number of halogens is 1. The maximum atomic E-state index is 13.6. The van der Waals surface area contributed by atoms with Gasteiger partial charge in [0, 0.05) is 32.7 Å². The molecular weight excluding hydrogens is 355 g/mol. The van der Waals surface area contributed by atoms with Gasteiger partial charge in [-0.15, -0.1) is 0 Å². The lowest BCUT2D eigenvalue weighted by atomic mass is 9.98. The average molecular weight is 385 g/mol. The average Bonchev–Trinajstić information content (AvgIpc) is 2.61. The number of benzene rings is 1. The van der Waals surface area contributed by atoms with Crippen LogP contribution in [0.5, 0.6) is 0 Å². The maximum Gasteiger partial charge on any atom is 0.211 e. The summed E-state index contributed by atoms with van der Waals surface area (Å²) in [7, 11) is -3.09. The van der Waals surface area contributed by atoms with E-state index in [1.54, 1.807) is 12.1 Å². The first kappa shape index (κ1) is 20.6. The standard InChI is InChI=1S/C18H29FN4O2S/c1-3-20-18(21-11-8-16-6-4-5-7-17(16)19)22-14-15-9-12-23(13-10-15)26(2,24)25/h4-7,15H,3,8-14H2,1-2H3,(H2,20,21,22). The van der Waals surface area contributed by atoms with E-state index in [0.717, 1.165) is 25.3 Å². The minimum atomic E-state index is -3.09. The third-order valence-corrected chi connectivity index (χ3v) is 5.84. The lowest BCUT2D eigenvalue weighted by Crippen LogP contribution is -2.40. The number of sulfonamides is 1. The van der Waals surface area contributed by atoms with Gasteiger partial charge in [-0.3, -0.25) is 4.99 Å². The van der Waals surface area contributed by atoms with Gasteiger partial charge in [-0.1, -0.05) is 18.2 Å². The van der Waals surface area contributed by atoms with Crippen molar-refractivity contribution in [2.24, 2.45) is 10.9 Å². The molecule has 1 saturated heterocycles. The molecule has 0 radical (unpaired) electrons. The number of hydrogen-bond donors (Lipinski definition) is 2. The van der Waals surface area contributed by atoms with Crippen molar-refractivity contribution < 1.29 is 12.8 Å². The molecule has 1 fully saturated rings. The zero-order valence-corrected chi connectivity index (χ0v) is 16.4. The zero-order valence-electron chi connectivity index (χ0n) is 15.5. The van der Waals surface area contributed by atoms with Crippen LogP contribution in [0.25, 0.3) is 0 Å². The number of nitrogens with one attached hydrogen (secondary N) is 2. The van der Waals surface area contributed by atoms with E-state index in [1.165, 1.54) is 16.6 Å². The number of piperidine rings is 1. The summed E-state index contributed by atoms with van der Waals surface area (Å²) in [5, 5.41) is 6.43. The normalized spacial score (nSPS) is 17.3. The number of hydrogen-bond acceptors (Lipinski definition) is 3. The van der Waals surface area contributed by atoms with Gasteiger partial charge in [-0.2, -0.15) is 0 Å². The van der Waals surface area contributed by atoms with Gasteiger partial charge in [0.2, 0.25) is 10.0 Å². The van der Waals surface area contributed by atoms with Crippen LogP contribution >= 0.6 is 0 Å². The molecule has 6 nitrogen and oxygen atoms in total. The van der Waals surface area contributed by atoms with E-state index in [1.807, 2.05) is 13.0 Å². The Morgan fingerprint density at radius 1 is 1.27 bits per heavy atom.